The number of amides is 1. The third kappa shape index (κ3) is 3.20. The first-order valence-electron chi connectivity index (χ1n) is 5.98. The molecular formula is C15H14BrNO2. The fourth-order valence-corrected chi connectivity index (χ4v) is 2.12. The maximum Gasteiger partial charge on any atom is 0.251 e. The van der Waals surface area contributed by atoms with E-state index in [0.29, 0.717) is 5.56 Å². The van der Waals surface area contributed by atoms with Crippen molar-refractivity contribution >= 4 is 38.4 Å². The number of hydrogen-bond acceptors (Lipinski definition) is 2. The maximum absolute atomic E-state index is 12.0. The molecule has 0 radical (unpaired) electrons. The lowest BCUT2D eigenvalue weighted by Crippen LogP contribution is -2.37. The third-order valence-electron chi connectivity index (χ3n) is 3.02. The summed E-state index contributed by atoms with van der Waals surface area (Å²) in [6.45, 7) is 3.14. The summed E-state index contributed by atoms with van der Waals surface area (Å²) in [5, 5.41) is 4.73. The molecule has 0 aliphatic rings. The van der Waals surface area contributed by atoms with Crippen LogP contribution >= 0.6 is 15.9 Å². The van der Waals surface area contributed by atoms with Crippen LogP contribution < -0.4 is 5.32 Å². The smallest absolute Gasteiger partial charge is 0.251 e. The highest BCUT2D eigenvalue weighted by molar-refractivity contribution is 9.10. The maximum atomic E-state index is 12.0. The van der Waals surface area contributed by atoms with Crippen molar-refractivity contribution in [3.8, 4) is 0 Å². The van der Waals surface area contributed by atoms with Gasteiger partial charge in [-0.2, -0.15) is 0 Å². The zero-order chi connectivity index (χ0) is 14.0. The Hall–Kier alpha value is -1.68. The number of rotatable bonds is 3. The second-order valence-electron chi connectivity index (χ2n) is 4.51. The van der Waals surface area contributed by atoms with Crippen molar-refractivity contribution in [2.45, 2.75) is 19.9 Å². The molecule has 0 saturated carbocycles. The van der Waals surface area contributed by atoms with Crippen molar-refractivity contribution in [2.75, 3.05) is 0 Å². The van der Waals surface area contributed by atoms with Crippen LogP contribution in [-0.4, -0.2) is 17.7 Å². The second-order valence-corrected chi connectivity index (χ2v) is 5.43. The molecule has 0 fully saturated rings. The summed E-state index contributed by atoms with van der Waals surface area (Å²) in [7, 11) is 0. The lowest BCUT2D eigenvalue weighted by Gasteiger charge is -2.11. The van der Waals surface area contributed by atoms with Gasteiger partial charge in [0.25, 0.3) is 5.91 Å². The fourth-order valence-electron chi connectivity index (χ4n) is 1.74. The van der Waals surface area contributed by atoms with E-state index < -0.39 is 6.04 Å². The molecule has 19 heavy (non-hydrogen) atoms. The Morgan fingerprint density at radius 1 is 1.11 bits per heavy atom. The van der Waals surface area contributed by atoms with Crippen LogP contribution in [0.25, 0.3) is 10.8 Å². The summed E-state index contributed by atoms with van der Waals surface area (Å²) in [6.07, 6.45) is 0. The number of ketones is 1. The van der Waals surface area contributed by atoms with Crippen LogP contribution in [0.15, 0.2) is 40.9 Å². The standard InChI is InChI=1S/C15H14BrNO2/c1-9(10(2)18)17-15(19)13-4-3-12-8-14(16)6-5-11(12)7-13/h3-9H,1-2H3,(H,17,19). The Balaban J connectivity index is 2.28. The molecule has 0 aliphatic carbocycles. The van der Waals surface area contributed by atoms with Crippen LogP contribution in [0, 0.1) is 0 Å². The molecule has 4 heteroatoms. The van der Waals surface area contributed by atoms with Gasteiger partial charge in [-0.3, -0.25) is 9.59 Å². The van der Waals surface area contributed by atoms with Gasteiger partial charge < -0.3 is 5.32 Å². The largest absolute Gasteiger partial charge is 0.343 e. The molecular weight excluding hydrogens is 306 g/mol. The van der Waals surface area contributed by atoms with Crippen molar-refractivity contribution < 1.29 is 9.59 Å². The van der Waals surface area contributed by atoms with Gasteiger partial charge in [-0.15, -0.1) is 0 Å². The van der Waals surface area contributed by atoms with E-state index in [0.717, 1.165) is 15.2 Å². The van der Waals surface area contributed by atoms with Gasteiger partial charge in [0.05, 0.1) is 6.04 Å². The molecule has 0 heterocycles. The van der Waals surface area contributed by atoms with Crippen LogP contribution in [-0.2, 0) is 4.79 Å². The Kier molecular flexibility index (Phi) is 4.00. The summed E-state index contributed by atoms with van der Waals surface area (Å²) in [6, 6.07) is 10.9. The monoisotopic (exact) mass is 319 g/mol. The average Bonchev–Trinajstić information content (AvgIpc) is 2.37. The highest BCUT2D eigenvalue weighted by atomic mass is 79.9. The summed E-state index contributed by atoms with van der Waals surface area (Å²) in [5.74, 6) is -0.286. The van der Waals surface area contributed by atoms with E-state index in [1.54, 1.807) is 13.0 Å². The van der Waals surface area contributed by atoms with Gasteiger partial charge in [-0.05, 0) is 48.9 Å². The SMILES string of the molecule is CC(=O)C(C)NC(=O)c1ccc2cc(Br)ccc2c1. The summed E-state index contributed by atoms with van der Waals surface area (Å²) in [5.41, 5.74) is 0.558. The summed E-state index contributed by atoms with van der Waals surface area (Å²) >= 11 is 3.41. The molecule has 3 nitrogen and oxygen atoms in total. The van der Waals surface area contributed by atoms with Gasteiger partial charge in [-0.25, -0.2) is 0 Å². The van der Waals surface area contributed by atoms with Gasteiger partial charge in [0.1, 0.15) is 0 Å². The average molecular weight is 320 g/mol. The molecule has 1 amide bonds. The lowest BCUT2D eigenvalue weighted by atomic mass is 10.1. The van der Waals surface area contributed by atoms with E-state index in [4.69, 9.17) is 0 Å². The van der Waals surface area contributed by atoms with Crippen LogP contribution in [0.4, 0.5) is 0 Å². The van der Waals surface area contributed by atoms with Crippen LogP contribution in [0.1, 0.15) is 24.2 Å². The molecule has 1 unspecified atom stereocenters. The molecule has 2 aromatic rings. The molecule has 1 N–H and O–H groups in total. The Labute approximate surface area is 120 Å². The van der Waals surface area contributed by atoms with E-state index in [1.807, 2.05) is 30.3 Å². The van der Waals surface area contributed by atoms with Crippen molar-refractivity contribution in [2.24, 2.45) is 0 Å². The number of benzene rings is 2. The number of fused-ring (bicyclic) bond motifs is 1. The molecule has 1 atom stereocenters. The minimum absolute atomic E-state index is 0.0573. The highest BCUT2D eigenvalue weighted by Gasteiger charge is 2.13. The number of halogens is 1. The topological polar surface area (TPSA) is 46.2 Å². The number of nitrogens with one attached hydrogen (secondary N) is 1. The molecule has 2 aromatic carbocycles. The molecule has 0 bridgehead atoms. The molecule has 0 aromatic heterocycles. The van der Waals surface area contributed by atoms with Crippen molar-refractivity contribution in [3.63, 3.8) is 0 Å². The predicted octanol–water partition coefficient (Wildman–Crippen LogP) is 3.31. The van der Waals surface area contributed by atoms with E-state index in [-0.39, 0.29) is 11.7 Å². The van der Waals surface area contributed by atoms with E-state index in [1.165, 1.54) is 6.92 Å². The first-order chi connectivity index (χ1) is 8.97. The minimum atomic E-state index is -0.465. The first kappa shape index (κ1) is 13.7. The summed E-state index contributed by atoms with van der Waals surface area (Å²) < 4.78 is 1.00. The molecule has 0 aliphatic heterocycles. The Morgan fingerprint density at radius 3 is 2.42 bits per heavy atom. The van der Waals surface area contributed by atoms with E-state index in [9.17, 15) is 9.59 Å². The molecule has 98 valence electrons. The van der Waals surface area contributed by atoms with Crippen molar-refractivity contribution in [1.82, 2.24) is 5.32 Å². The highest BCUT2D eigenvalue weighted by Crippen LogP contribution is 2.21. The van der Waals surface area contributed by atoms with Gasteiger partial charge in [0.2, 0.25) is 0 Å². The van der Waals surface area contributed by atoms with Gasteiger partial charge in [0, 0.05) is 10.0 Å². The van der Waals surface area contributed by atoms with Crippen LogP contribution in [0.5, 0.6) is 0 Å². The number of hydrogen-bond donors (Lipinski definition) is 1. The van der Waals surface area contributed by atoms with Gasteiger partial charge in [0.15, 0.2) is 5.78 Å². The zero-order valence-corrected chi connectivity index (χ0v) is 12.3. The Morgan fingerprint density at radius 2 is 1.74 bits per heavy atom. The number of carbonyl (C=O) groups is 2. The van der Waals surface area contributed by atoms with Crippen molar-refractivity contribution in [1.29, 1.82) is 0 Å². The molecule has 2 rings (SSSR count). The summed E-state index contributed by atoms with van der Waals surface area (Å²) in [4.78, 5) is 23.1. The predicted molar refractivity (Wildman–Crippen MR) is 79.3 cm³/mol. The second kappa shape index (κ2) is 5.53. The fraction of sp³-hybridized carbons (Fsp3) is 0.200. The molecule has 0 saturated heterocycles. The van der Waals surface area contributed by atoms with Crippen LogP contribution in [0.3, 0.4) is 0 Å². The van der Waals surface area contributed by atoms with E-state index >= 15 is 0 Å². The number of carbonyl (C=O) groups excluding carboxylic acids is 2. The van der Waals surface area contributed by atoms with E-state index in [2.05, 4.69) is 21.2 Å². The van der Waals surface area contributed by atoms with Crippen LogP contribution in [0.2, 0.25) is 0 Å². The lowest BCUT2D eigenvalue weighted by molar-refractivity contribution is -0.118. The third-order valence-corrected chi connectivity index (χ3v) is 3.52. The van der Waals surface area contributed by atoms with Gasteiger partial charge >= 0.3 is 0 Å². The number of Topliss-reactive ketones (excluding diaryl/α,β-unsaturated/α-hetero) is 1. The minimum Gasteiger partial charge on any atom is -0.343 e. The normalized spacial score (nSPS) is 12.2. The Bertz CT molecular complexity index is 652. The first-order valence-corrected chi connectivity index (χ1v) is 6.77. The van der Waals surface area contributed by atoms with Crippen molar-refractivity contribution in [3.05, 3.63) is 46.4 Å². The zero-order valence-electron chi connectivity index (χ0n) is 10.7. The van der Waals surface area contributed by atoms with Gasteiger partial charge in [-0.1, -0.05) is 28.1 Å². The quantitative estimate of drug-likeness (QED) is 0.943. The molecule has 0 spiro atoms.